The summed E-state index contributed by atoms with van der Waals surface area (Å²) in [5.41, 5.74) is -1.22. The summed E-state index contributed by atoms with van der Waals surface area (Å²) in [6.45, 7) is 3.88. The maximum absolute atomic E-state index is 11.6. The number of aliphatic carboxylic acids is 1. The van der Waals surface area contributed by atoms with Crippen molar-refractivity contribution in [2.45, 2.75) is 18.1 Å². The first kappa shape index (κ1) is 10.9. The van der Waals surface area contributed by atoms with Gasteiger partial charge in [0, 0.05) is 6.42 Å². The molecule has 2 atom stereocenters. The number of morpholine rings is 1. The van der Waals surface area contributed by atoms with Crippen molar-refractivity contribution >= 4 is 12.1 Å². The van der Waals surface area contributed by atoms with E-state index in [4.69, 9.17) is 14.6 Å². The molecule has 2 saturated heterocycles. The van der Waals surface area contributed by atoms with E-state index in [0.29, 0.717) is 6.42 Å². The second kappa shape index (κ2) is 3.79. The molecule has 1 N–H and O–H groups in total. The van der Waals surface area contributed by atoms with Gasteiger partial charge in [0.25, 0.3) is 0 Å². The van der Waals surface area contributed by atoms with E-state index in [1.54, 1.807) is 0 Å². The number of carbonyl (C=O) groups excluding carboxylic acids is 1. The van der Waals surface area contributed by atoms with E-state index >= 15 is 0 Å². The predicted octanol–water partition coefficient (Wildman–Crippen LogP) is 0.237. The molecule has 0 spiro atoms. The number of rotatable bonds is 3. The topological polar surface area (TPSA) is 76.1 Å². The third-order valence-corrected chi connectivity index (χ3v) is 2.93. The molecule has 2 bridgehead atoms. The molecule has 2 unspecified atom stereocenters. The highest BCUT2D eigenvalue weighted by Crippen LogP contribution is 2.37. The molecule has 2 rings (SSSR count). The lowest BCUT2D eigenvalue weighted by atomic mass is 10.0. The number of hydrogen-bond donors (Lipinski definition) is 1. The van der Waals surface area contributed by atoms with Crippen LogP contribution in [0.15, 0.2) is 12.7 Å². The largest absolute Gasteiger partial charge is 0.479 e. The molecule has 2 aliphatic heterocycles. The fraction of sp³-hybridized carbons (Fsp3) is 0.600. The van der Waals surface area contributed by atoms with Crippen LogP contribution < -0.4 is 0 Å². The molecule has 88 valence electrons. The van der Waals surface area contributed by atoms with Gasteiger partial charge in [-0.05, 0) is 0 Å². The fourth-order valence-corrected chi connectivity index (χ4v) is 2.11. The average Bonchev–Trinajstić information content (AvgIpc) is 2.84. The Morgan fingerprint density at radius 1 is 1.69 bits per heavy atom. The van der Waals surface area contributed by atoms with Gasteiger partial charge in [0.2, 0.25) is 0 Å². The number of hydrogen-bond acceptors (Lipinski definition) is 4. The van der Waals surface area contributed by atoms with Gasteiger partial charge in [-0.25, -0.2) is 9.59 Å². The lowest BCUT2D eigenvalue weighted by Crippen LogP contribution is -2.49. The van der Waals surface area contributed by atoms with Crippen LogP contribution in [0, 0.1) is 0 Å². The van der Waals surface area contributed by atoms with E-state index in [1.165, 1.54) is 11.0 Å². The molecule has 2 aliphatic rings. The van der Waals surface area contributed by atoms with Crippen LogP contribution in [0.2, 0.25) is 0 Å². The lowest BCUT2D eigenvalue weighted by Gasteiger charge is -2.29. The van der Waals surface area contributed by atoms with Crippen molar-refractivity contribution in [1.29, 1.82) is 0 Å². The van der Waals surface area contributed by atoms with E-state index in [1.807, 2.05) is 0 Å². The Hall–Kier alpha value is -1.56. The second-order valence-corrected chi connectivity index (χ2v) is 3.96. The van der Waals surface area contributed by atoms with Crippen molar-refractivity contribution in [2.75, 3.05) is 19.8 Å². The Bertz CT molecular complexity index is 342. The number of amides is 1. The van der Waals surface area contributed by atoms with Crippen molar-refractivity contribution in [3.63, 3.8) is 0 Å². The Balaban J connectivity index is 2.03. The molecule has 1 amide bonds. The van der Waals surface area contributed by atoms with Gasteiger partial charge < -0.3 is 14.6 Å². The van der Waals surface area contributed by atoms with Crippen molar-refractivity contribution < 1.29 is 24.2 Å². The summed E-state index contributed by atoms with van der Waals surface area (Å²) in [4.78, 5) is 24.0. The van der Waals surface area contributed by atoms with Gasteiger partial charge in [0.05, 0.1) is 19.2 Å². The van der Waals surface area contributed by atoms with Crippen LogP contribution in [-0.2, 0) is 14.3 Å². The Kier molecular flexibility index (Phi) is 2.59. The molecule has 0 aromatic heterocycles. The SMILES string of the molecule is C=CCOC(=O)N1CC2(C(=O)O)CC1CO2. The Morgan fingerprint density at radius 3 is 3.00 bits per heavy atom. The number of carboxylic acid groups (broad SMARTS) is 1. The zero-order chi connectivity index (χ0) is 11.8. The summed E-state index contributed by atoms with van der Waals surface area (Å²) < 4.78 is 10.1. The standard InChI is InChI=1S/C10H13NO5/c1-2-3-15-9(14)11-6-10(8(12)13)4-7(11)5-16-10/h2,7H,1,3-6H2,(H,12,13). The molecular formula is C10H13NO5. The maximum Gasteiger partial charge on any atom is 0.410 e. The van der Waals surface area contributed by atoms with Gasteiger partial charge in [-0.1, -0.05) is 12.7 Å². The molecule has 0 saturated carbocycles. The number of fused-ring (bicyclic) bond motifs is 2. The van der Waals surface area contributed by atoms with Crippen LogP contribution in [0.3, 0.4) is 0 Å². The summed E-state index contributed by atoms with van der Waals surface area (Å²) in [6, 6.07) is -0.187. The van der Waals surface area contributed by atoms with Crippen molar-refractivity contribution in [2.24, 2.45) is 0 Å². The first-order valence-corrected chi connectivity index (χ1v) is 5.01. The first-order valence-electron chi connectivity index (χ1n) is 5.01. The van der Waals surface area contributed by atoms with Crippen molar-refractivity contribution in [1.82, 2.24) is 4.90 Å². The molecular weight excluding hydrogens is 214 g/mol. The molecule has 0 aromatic rings. The summed E-state index contributed by atoms with van der Waals surface area (Å²) in [7, 11) is 0. The zero-order valence-electron chi connectivity index (χ0n) is 8.72. The van der Waals surface area contributed by atoms with E-state index in [9.17, 15) is 9.59 Å². The van der Waals surface area contributed by atoms with Crippen LogP contribution in [0.1, 0.15) is 6.42 Å². The van der Waals surface area contributed by atoms with E-state index in [-0.39, 0.29) is 25.8 Å². The van der Waals surface area contributed by atoms with Gasteiger partial charge in [-0.2, -0.15) is 0 Å². The van der Waals surface area contributed by atoms with Crippen molar-refractivity contribution in [3.8, 4) is 0 Å². The molecule has 0 aliphatic carbocycles. The molecule has 2 fully saturated rings. The van der Waals surface area contributed by atoms with Gasteiger partial charge in [0.1, 0.15) is 6.61 Å². The highest BCUT2D eigenvalue weighted by atomic mass is 16.6. The normalized spacial score (nSPS) is 31.5. The third-order valence-electron chi connectivity index (χ3n) is 2.93. The van der Waals surface area contributed by atoms with Crippen molar-refractivity contribution in [3.05, 3.63) is 12.7 Å². The summed E-state index contributed by atoms with van der Waals surface area (Å²) >= 11 is 0. The van der Waals surface area contributed by atoms with Crippen LogP contribution in [-0.4, -0.2) is 53.5 Å². The van der Waals surface area contributed by atoms with Gasteiger partial charge in [0.15, 0.2) is 5.60 Å². The number of nitrogens with zero attached hydrogens (tertiary/aromatic N) is 1. The highest BCUT2D eigenvalue weighted by Gasteiger charge is 2.58. The molecule has 0 aromatic carbocycles. The quantitative estimate of drug-likeness (QED) is 0.699. The van der Waals surface area contributed by atoms with Crippen LogP contribution in [0.4, 0.5) is 4.79 Å². The van der Waals surface area contributed by atoms with Gasteiger partial charge in [-0.3, -0.25) is 4.90 Å². The smallest absolute Gasteiger partial charge is 0.410 e. The molecule has 0 radical (unpaired) electrons. The summed E-state index contributed by atoms with van der Waals surface area (Å²) in [5.74, 6) is -1.02. The molecule has 6 heteroatoms. The molecule has 2 heterocycles. The molecule has 6 nitrogen and oxygen atoms in total. The predicted molar refractivity (Wildman–Crippen MR) is 53.0 cm³/mol. The van der Waals surface area contributed by atoms with Gasteiger partial charge in [-0.15, -0.1) is 0 Å². The number of carboxylic acids is 1. The zero-order valence-corrected chi connectivity index (χ0v) is 8.72. The number of ether oxygens (including phenoxy) is 2. The minimum Gasteiger partial charge on any atom is -0.479 e. The van der Waals surface area contributed by atoms with Crippen LogP contribution in [0.25, 0.3) is 0 Å². The van der Waals surface area contributed by atoms with Crippen LogP contribution >= 0.6 is 0 Å². The van der Waals surface area contributed by atoms with E-state index < -0.39 is 17.7 Å². The first-order chi connectivity index (χ1) is 7.59. The summed E-state index contributed by atoms with van der Waals surface area (Å²) in [6.07, 6.45) is 1.30. The maximum atomic E-state index is 11.6. The second-order valence-electron chi connectivity index (χ2n) is 3.96. The third kappa shape index (κ3) is 1.55. The number of carbonyl (C=O) groups is 2. The van der Waals surface area contributed by atoms with Crippen LogP contribution in [0.5, 0.6) is 0 Å². The highest BCUT2D eigenvalue weighted by molar-refractivity contribution is 5.81. The minimum atomic E-state index is -1.22. The Labute approximate surface area is 92.4 Å². The van der Waals surface area contributed by atoms with E-state index in [0.717, 1.165) is 0 Å². The Morgan fingerprint density at radius 2 is 2.44 bits per heavy atom. The van der Waals surface area contributed by atoms with Gasteiger partial charge >= 0.3 is 12.1 Å². The van der Waals surface area contributed by atoms with E-state index in [2.05, 4.69) is 6.58 Å². The average molecular weight is 227 g/mol. The lowest BCUT2D eigenvalue weighted by molar-refractivity contribution is -0.162. The number of likely N-dealkylation sites (tertiary alicyclic amines) is 1. The molecule has 16 heavy (non-hydrogen) atoms. The monoisotopic (exact) mass is 227 g/mol. The summed E-state index contributed by atoms with van der Waals surface area (Å²) in [5, 5.41) is 9.05. The minimum absolute atomic E-state index is 0.0585. The fourth-order valence-electron chi connectivity index (χ4n) is 2.11.